The zero-order valence-electron chi connectivity index (χ0n) is 26.7. The topological polar surface area (TPSA) is 29.5 Å². The van der Waals surface area contributed by atoms with Crippen molar-refractivity contribution in [3.8, 4) is 22.3 Å². The number of fused-ring (bicyclic) bond motifs is 9. The molecule has 10 rings (SSSR count). The van der Waals surface area contributed by atoms with E-state index in [1.54, 1.807) is 0 Å². The van der Waals surface area contributed by atoms with Crippen molar-refractivity contribution in [1.29, 1.82) is 0 Å². The molecule has 0 N–H and O–H groups in total. The lowest BCUT2D eigenvalue weighted by molar-refractivity contribution is 0.660. The van der Waals surface area contributed by atoms with Gasteiger partial charge in [-0.15, -0.1) is 0 Å². The molecule has 0 amide bonds. The van der Waals surface area contributed by atoms with Crippen LogP contribution in [-0.2, 0) is 5.41 Å². The fraction of sp³-hybridized carbons (Fsp3) is 0.0667. The standard InChI is InChI=1S/C45H31NO2/c1-45(2)37-20-9-6-17-32(37)33-24-23-31(26-38(33)45)46(30-16-12-15-29(25-30)28-13-4-3-5-14-28)43-42-35-19-8-11-22-40(35)47-41(42)27-36-34-18-7-10-21-39(34)48-44(36)43/h3-27H,1-2H3. The maximum Gasteiger partial charge on any atom is 0.160 e. The van der Waals surface area contributed by atoms with Crippen LogP contribution in [0.25, 0.3) is 66.1 Å². The third kappa shape index (κ3) is 3.82. The molecule has 2 aromatic heterocycles. The summed E-state index contributed by atoms with van der Waals surface area (Å²) in [6.45, 7) is 4.67. The lowest BCUT2D eigenvalue weighted by Crippen LogP contribution is -2.16. The first-order valence-electron chi connectivity index (χ1n) is 16.5. The van der Waals surface area contributed by atoms with Crippen LogP contribution >= 0.6 is 0 Å². The number of benzene rings is 7. The molecule has 9 aromatic rings. The molecule has 48 heavy (non-hydrogen) atoms. The van der Waals surface area contributed by atoms with E-state index < -0.39 is 0 Å². The molecular formula is C45H31NO2. The monoisotopic (exact) mass is 617 g/mol. The third-order valence-electron chi connectivity index (χ3n) is 10.2. The van der Waals surface area contributed by atoms with Crippen LogP contribution in [-0.4, -0.2) is 0 Å². The van der Waals surface area contributed by atoms with Crippen molar-refractivity contribution in [3.63, 3.8) is 0 Å². The summed E-state index contributed by atoms with van der Waals surface area (Å²) in [7, 11) is 0. The molecule has 0 saturated heterocycles. The second kappa shape index (κ2) is 9.97. The van der Waals surface area contributed by atoms with Crippen LogP contribution in [0.4, 0.5) is 17.1 Å². The third-order valence-corrected chi connectivity index (χ3v) is 10.2. The summed E-state index contributed by atoms with van der Waals surface area (Å²) < 4.78 is 13.5. The summed E-state index contributed by atoms with van der Waals surface area (Å²) in [5.74, 6) is 0. The van der Waals surface area contributed by atoms with Gasteiger partial charge in [0.05, 0.1) is 5.39 Å². The Hall–Kier alpha value is -6.06. The summed E-state index contributed by atoms with van der Waals surface area (Å²) >= 11 is 0. The number of hydrogen-bond acceptors (Lipinski definition) is 3. The lowest BCUT2D eigenvalue weighted by Gasteiger charge is -2.29. The normalized spacial score (nSPS) is 13.4. The molecule has 228 valence electrons. The molecule has 1 aliphatic carbocycles. The summed E-state index contributed by atoms with van der Waals surface area (Å²) in [5, 5.41) is 4.19. The molecule has 1 aliphatic rings. The minimum atomic E-state index is -0.150. The second-order valence-corrected chi connectivity index (χ2v) is 13.3. The Morgan fingerprint density at radius 2 is 1.12 bits per heavy atom. The molecule has 7 aromatic carbocycles. The van der Waals surface area contributed by atoms with E-state index >= 15 is 0 Å². The van der Waals surface area contributed by atoms with Crippen LogP contribution in [0, 0.1) is 0 Å². The van der Waals surface area contributed by atoms with E-state index in [-0.39, 0.29) is 5.41 Å². The zero-order valence-corrected chi connectivity index (χ0v) is 26.7. The molecular weight excluding hydrogens is 587 g/mol. The van der Waals surface area contributed by atoms with Crippen molar-refractivity contribution < 1.29 is 8.83 Å². The quantitative estimate of drug-likeness (QED) is 0.197. The van der Waals surface area contributed by atoms with E-state index in [0.29, 0.717) is 0 Å². The number of rotatable bonds is 4. The molecule has 0 fully saturated rings. The van der Waals surface area contributed by atoms with E-state index in [1.807, 2.05) is 12.1 Å². The van der Waals surface area contributed by atoms with Gasteiger partial charge in [0.25, 0.3) is 0 Å². The van der Waals surface area contributed by atoms with Gasteiger partial charge >= 0.3 is 0 Å². The summed E-state index contributed by atoms with van der Waals surface area (Å²) in [6, 6.07) is 53.9. The van der Waals surface area contributed by atoms with E-state index in [0.717, 1.165) is 66.5 Å². The van der Waals surface area contributed by atoms with Gasteiger partial charge in [0.2, 0.25) is 0 Å². The molecule has 0 atom stereocenters. The molecule has 2 heterocycles. The lowest BCUT2D eigenvalue weighted by atomic mass is 9.82. The van der Waals surface area contributed by atoms with E-state index in [1.165, 1.54) is 27.8 Å². The van der Waals surface area contributed by atoms with Crippen molar-refractivity contribution in [2.24, 2.45) is 0 Å². The van der Waals surface area contributed by atoms with Crippen LogP contribution in [0.3, 0.4) is 0 Å². The zero-order chi connectivity index (χ0) is 32.0. The molecule has 0 saturated carbocycles. The van der Waals surface area contributed by atoms with Gasteiger partial charge in [-0.1, -0.05) is 123 Å². The van der Waals surface area contributed by atoms with Gasteiger partial charge in [-0.05, 0) is 75.8 Å². The number of hydrogen-bond donors (Lipinski definition) is 0. The molecule has 0 bridgehead atoms. The van der Waals surface area contributed by atoms with Crippen LogP contribution < -0.4 is 4.90 Å². The maximum absolute atomic E-state index is 6.85. The number of para-hydroxylation sites is 2. The molecule has 3 nitrogen and oxygen atoms in total. The first-order valence-corrected chi connectivity index (χ1v) is 16.5. The first kappa shape index (κ1) is 27.1. The Balaban J connectivity index is 1.33. The van der Waals surface area contributed by atoms with Crippen molar-refractivity contribution in [1.82, 2.24) is 0 Å². The van der Waals surface area contributed by atoms with Crippen molar-refractivity contribution >= 4 is 60.9 Å². The van der Waals surface area contributed by atoms with Gasteiger partial charge in [-0.3, -0.25) is 0 Å². The summed E-state index contributed by atoms with van der Waals surface area (Å²) in [5.41, 5.74) is 13.9. The molecule has 0 aliphatic heterocycles. The molecule has 0 spiro atoms. The van der Waals surface area contributed by atoms with Crippen LogP contribution in [0.1, 0.15) is 25.0 Å². The fourth-order valence-electron chi connectivity index (χ4n) is 7.95. The minimum Gasteiger partial charge on any atom is -0.456 e. The Bertz CT molecular complexity index is 2700. The Morgan fingerprint density at radius 3 is 1.98 bits per heavy atom. The van der Waals surface area contributed by atoms with Crippen molar-refractivity contribution in [3.05, 3.63) is 163 Å². The first-order chi connectivity index (χ1) is 23.6. The van der Waals surface area contributed by atoms with Gasteiger partial charge in [0.1, 0.15) is 22.4 Å². The fourth-order valence-corrected chi connectivity index (χ4v) is 7.95. The smallest absolute Gasteiger partial charge is 0.160 e. The predicted molar refractivity (Wildman–Crippen MR) is 199 cm³/mol. The summed E-state index contributed by atoms with van der Waals surface area (Å²) in [6.07, 6.45) is 0. The minimum absolute atomic E-state index is 0.150. The number of anilines is 3. The Morgan fingerprint density at radius 1 is 0.458 bits per heavy atom. The van der Waals surface area contributed by atoms with Crippen molar-refractivity contribution in [2.75, 3.05) is 4.90 Å². The van der Waals surface area contributed by atoms with Crippen molar-refractivity contribution in [2.45, 2.75) is 19.3 Å². The molecule has 0 unspecified atom stereocenters. The molecule has 3 heteroatoms. The predicted octanol–water partition coefficient (Wildman–Crippen LogP) is 12.9. The SMILES string of the molecule is CC1(C)c2ccccc2-c2ccc(N(c3cccc(-c4ccccc4)c3)c3c4oc5ccccc5c4cc4oc5ccccc5c34)cc21. The highest BCUT2D eigenvalue weighted by Gasteiger charge is 2.36. The Labute approximate surface area is 278 Å². The van der Waals surface area contributed by atoms with E-state index in [4.69, 9.17) is 8.83 Å². The summed E-state index contributed by atoms with van der Waals surface area (Å²) in [4.78, 5) is 2.39. The van der Waals surface area contributed by atoms with Crippen LogP contribution in [0.15, 0.2) is 160 Å². The highest BCUT2D eigenvalue weighted by Crippen LogP contribution is 2.53. The highest BCUT2D eigenvalue weighted by atomic mass is 16.3. The van der Waals surface area contributed by atoms with Gasteiger partial charge in [0, 0.05) is 32.9 Å². The van der Waals surface area contributed by atoms with E-state index in [2.05, 4.69) is 158 Å². The largest absolute Gasteiger partial charge is 0.456 e. The average Bonchev–Trinajstić information content (AvgIpc) is 3.76. The highest BCUT2D eigenvalue weighted by molar-refractivity contribution is 6.24. The van der Waals surface area contributed by atoms with Crippen LogP contribution in [0.2, 0.25) is 0 Å². The second-order valence-electron chi connectivity index (χ2n) is 13.3. The van der Waals surface area contributed by atoms with Gasteiger partial charge in [-0.2, -0.15) is 0 Å². The maximum atomic E-state index is 6.85. The number of furan rings is 2. The van der Waals surface area contributed by atoms with Gasteiger partial charge in [-0.25, -0.2) is 0 Å². The Kier molecular flexibility index (Phi) is 5.63. The van der Waals surface area contributed by atoms with Crippen LogP contribution in [0.5, 0.6) is 0 Å². The molecule has 0 radical (unpaired) electrons. The van der Waals surface area contributed by atoms with Gasteiger partial charge < -0.3 is 13.7 Å². The average molecular weight is 618 g/mol. The van der Waals surface area contributed by atoms with E-state index in [9.17, 15) is 0 Å². The van der Waals surface area contributed by atoms with Gasteiger partial charge in [0.15, 0.2) is 5.58 Å². The number of nitrogens with zero attached hydrogens (tertiary/aromatic N) is 1.